The number of hydrogen-bond donors (Lipinski definition) is 1. The minimum absolute atomic E-state index is 0.0888. The van der Waals surface area contributed by atoms with E-state index >= 15 is 0 Å². The first kappa shape index (κ1) is 12.9. The van der Waals surface area contributed by atoms with Gasteiger partial charge in [0, 0.05) is 31.7 Å². The molecule has 0 aromatic carbocycles. The minimum atomic E-state index is -0.0888. The van der Waals surface area contributed by atoms with Gasteiger partial charge in [-0.25, -0.2) is 9.97 Å². The van der Waals surface area contributed by atoms with E-state index < -0.39 is 0 Å². The van der Waals surface area contributed by atoms with Crippen molar-refractivity contribution in [3.8, 4) is 5.95 Å². The van der Waals surface area contributed by atoms with Crippen LogP contribution < -0.4 is 0 Å². The van der Waals surface area contributed by atoms with Gasteiger partial charge in [-0.05, 0) is 18.3 Å². The lowest BCUT2D eigenvalue weighted by Gasteiger charge is -2.26. The van der Waals surface area contributed by atoms with Crippen molar-refractivity contribution in [3.05, 3.63) is 35.1 Å². The fourth-order valence-corrected chi connectivity index (χ4v) is 2.25. The van der Waals surface area contributed by atoms with Gasteiger partial charge in [0.2, 0.25) is 5.95 Å². The number of imidazole rings is 1. The summed E-state index contributed by atoms with van der Waals surface area (Å²) in [6.45, 7) is 2.31. The maximum Gasteiger partial charge on any atom is 0.272 e. The molecule has 1 saturated heterocycles. The van der Waals surface area contributed by atoms with Gasteiger partial charge in [0.25, 0.3) is 5.91 Å². The van der Waals surface area contributed by atoms with Gasteiger partial charge in [-0.1, -0.05) is 0 Å². The maximum atomic E-state index is 12.3. The maximum absolute atomic E-state index is 12.3. The van der Waals surface area contributed by atoms with Crippen LogP contribution in [0.1, 0.15) is 10.5 Å². The van der Waals surface area contributed by atoms with E-state index in [4.69, 9.17) is 17.0 Å². The first-order chi connectivity index (χ1) is 9.75. The lowest BCUT2D eigenvalue weighted by atomic mass is 10.3. The molecule has 1 aliphatic heterocycles. The van der Waals surface area contributed by atoms with Crippen LogP contribution in [0.4, 0.5) is 0 Å². The molecule has 2 aromatic rings. The summed E-state index contributed by atoms with van der Waals surface area (Å²) in [4.78, 5) is 25.2. The SMILES string of the molecule is O=C(c1cn(-c2ncccn2)c(=S)[nH]1)N1CCOCC1. The van der Waals surface area contributed by atoms with E-state index in [1.807, 2.05) is 0 Å². The zero-order valence-corrected chi connectivity index (χ0v) is 11.5. The zero-order chi connectivity index (χ0) is 13.9. The largest absolute Gasteiger partial charge is 0.378 e. The summed E-state index contributed by atoms with van der Waals surface area (Å²) < 4.78 is 7.22. The van der Waals surface area contributed by atoms with Crippen LogP contribution in [0.2, 0.25) is 0 Å². The molecular weight excluding hydrogens is 278 g/mol. The summed E-state index contributed by atoms with van der Waals surface area (Å²) in [7, 11) is 0. The molecule has 0 unspecified atom stereocenters. The lowest BCUT2D eigenvalue weighted by Crippen LogP contribution is -2.40. The highest BCUT2D eigenvalue weighted by Crippen LogP contribution is 2.09. The summed E-state index contributed by atoms with van der Waals surface area (Å²) in [6, 6.07) is 1.72. The molecular formula is C12H13N5O2S. The van der Waals surface area contributed by atoms with E-state index in [9.17, 15) is 4.79 Å². The van der Waals surface area contributed by atoms with E-state index in [0.29, 0.717) is 42.7 Å². The van der Waals surface area contributed by atoms with Gasteiger partial charge < -0.3 is 14.6 Å². The molecule has 104 valence electrons. The van der Waals surface area contributed by atoms with E-state index in [1.165, 1.54) is 0 Å². The Bertz CT molecular complexity index is 660. The number of hydrogen-bond acceptors (Lipinski definition) is 5. The van der Waals surface area contributed by atoms with Gasteiger partial charge in [0.1, 0.15) is 5.69 Å². The van der Waals surface area contributed by atoms with Gasteiger partial charge in [-0.15, -0.1) is 0 Å². The molecule has 20 heavy (non-hydrogen) atoms. The molecule has 0 bridgehead atoms. The molecule has 0 aliphatic carbocycles. The lowest BCUT2D eigenvalue weighted by molar-refractivity contribution is 0.0299. The van der Waals surface area contributed by atoms with Gasteiger partial charge in [-0.2, -0.15) is 0 Å². The van der Waals surface area contributed by atoms with Crippen LogP contribution in [0, 0.1) is 4.77 Å². The minimum Gasteiger partial charge on any atom is -0.378 e. The third kappa shape index (κ3) is 2.47. The first-order valence-corrected chi connectivity index (χ1v) is 6.62. The Morgan fingerprint density at radius 3 is 2.70 bits per heavy atom. The average molecular weight is 291 g/mol. The second kappa shape index (κ2) is 5.51. The highest BCUT2D eigenvalue weighted by atomic mass is 32.1. The molecule has 0 spiro atoms. The third-order valence-corrected chi connectivity index (χ3v) is 3.31. The van der Waals surface area contributed by atoms with Crippen molar-refractivity contribution in [1.82, 2.24) is 24.4 Å². The number of H-pyrrole nitrogens is 1. The number of nitrogens with one attached hydrogen (secondary N) is 1. The summed E-state index contributed by atoms with van der Waals surface area (Å²) >= 11 is 5.21. The van der Waals surface area contributed by atoms with E-state index in [0.717, 1.165) is 0 Å². The summed E-state index contributed by atoms with van der Waals surface area (Å²) in [5, 5.41) is 0. The summed E-state index contributed by atoms with van der Waals surface area (Å²) in [6.07, 6.45) is 4.89. The molecule has 1 fully saturated rings. The van der Waals surface area contributed by atoms with Crippen LogP contribution in [0.5, 0.6) is 0 Å². The van der Waals surface area contributed by atoms with Crippen LogP contribution >= 0.6 is 12.2 Å². The first-order valence-electron chi connectivity index (χ1n) is 6.22. The predicted molar refractivity (Wildman–Crippen MR) is 73.3 cm³/mol. The third-order valence-electron chi connectivity index (χ3n) is 3.01. The number of aromatic nitrogens is 4. The highest BCUT2D eigenvalue weighted by molar-refractivity contribution is 7.71. The number of ether oxygens (including phenoxy) is 1. The topological polar surface area (TPSA) is 76.0 Å². The Labute approximate surface area is 120 Å². The molecule has 0 saturated carbocycles. The molecule has 1 N–H and O–H groups in total. The zero-order valence-electron chi connectivity index (χ0n) is 10.7. The Morgan fingerprint density at radius 2 is 2.00 bits per heavy atom. The van der Waals surface area contributed by atoms with Crippen LogP contribution in [0.3, 0.4) is 0 Å². The number of carbonyl (C=O) groups is 1. The predicted octanol–water partition coefficient (Wildman–Crippen LogP) is 0.797. The smallest absolute Gasteiger partial charge is 0.272 e. The molecule has 0 radical (unpaired) electrons. The molecule has 1 aliphatic rings. The Kier molecular flexibility index (Phi) is 3.57. The van der Waals surface area contributed by atoms with Crippen LogP contribution in [0.25, 0.3) is 5.95 Å². The quantitative estimate of drug-likeness (QED) is 0.828. The number of carbonyl (C=O) groups excluding carboxylic acids is 1. The van der Waals surface area contributed by atoms with Gasteiger partial charge in [0.05, 0.1) is 13.2 Å². The fourth-order valence-electron chi connectivity index (χ4n) is 2.01. The molecule has 8 heteroatoms. The second-order valence-electron chi connectivity index (χ2n) is 4.30. The van der Waals surface area contributed by atoms with Gasteiger partial charge >= 0.3 is 0 Å². The number of aromatic amines is 1. The molecule has 1 amide bonds. The normalized spacial score (nSPS) is 15.3. The van der Waals surface area contributed by atoms with Crippen molar-refractivity contribution in [2.75, 3.05) is 26.3 Å². The second-order valence-corrected chi connectivity index (χ2v) is 4.68. The standard InChI is InChI=1S/C12H13N5O2S/c18-10(16-4-6-19-7-5-16)9-8-17(12(20)15-9)11-13-2-1-3-14-11/h1-3,8H,4-7H2,(H,15,20). The van der Waals surface area contributed by atoms with E-state index in [2.05, 4.69) is 15.0 Å². The van der Waals surface area contributed by atoms with E-state index in [-0.39, 0.29) is 5.91 Å². The van der Waals surface area contributed by atoms with Crippen molar-refractivity contribution in [1.29, 1.82) is 0 Å². The monoisotopic (exact) mass is 291 g/mol. The van der Waals surface area contributed by atoms with Crippen molar-refractivity contribution in [2.45, 2.75) is 0 Å². The van der Waals surface area contributed by atoms with Crippen molar-refractivity contribution in [3.63, 3.8) is 0 Å². The van der Waals surface area contributed by atoms with E-state index in [1.54, 1.807) is 34.1 Å². The van der Waals surface area contributed by atoms with Crippen molar-refractivity contribution in [2.24, 2.45) is 0 Å². The van der Waals surface area contributed by atoms with Crippen LogP contribution in [0.15, 0.2) is 24.7 Å². The fraction of sp³-hybridized carbons (Fsp3) is 0.333. The van der Waals surface area contributed by atoms with Crippen molar-refractivity contribution >= 4 is 18.1 Å². The summed E-state index contributed by atoms with van der Waals surface area (Å²) in [5.74, 6) is 0.351. The number of morpholine rings is 1. The van der Waals surface area contributed by atoms with Gasteiger partial charge in [0.15, 0.2) is 4.77 Å². The number of rotatable bonds is 2. The molecule has 3 heterocycles. The van der Waals surface area contributed by atoms with Gasteiger partial charge in [-0.3, -0.25) is 9.36 Å². The Hall–Kier alpha value is -2.06. The Balaban J connectivity index is 1.89. The molecule has 3 rings (SSSR count). The average Bonchev–Trinajstić information content (AvgIpc) is 2.90. The molecule has 2 aromatic heterocycles. The molecule has 0 atom stereocenters. The Morgan fingerprint density at radius 1 is 1.30 bits per heavy atom. The molecule has 7 nitrogen and oxygen atoms in total. The van der Waals surface area contributed by atoms with Crippen molar-refractivity contribution < 1.29 is 9.53 Å². The van der Waals surface area contributed by atoms with Crippen LogP contribution in [-0.2, 0) is 4.74 Å². The van der Waals surface area contributed by atoms with Crippen LogP contribution in [-0.4, -0.2) is 56.6 Å². The number of nitrogens with zero attached hydrogens (tertiary/aromatic N) is 4. The number of amides is 1. The summed E-state index contributed by atoms with van der Waals surface area (Å²) in [5.41, 5.74) is 0.435. The highest BCUT2D eigenvalue weighted by Gasteiger charge is 2.20.